The lowest BCUT2D eigenvalue weighted by atomic mass is 9.70. The number of rotatable bonds is 9. The van der Waals surface area contributed by atoms with Crippen molar-refractivity contribution in [1.82, 2.24) is 10.2 Å². The number of fused-ring (bicyclic) bond motifs is 1. The molecule has 3 aliphatic rings. The number of carbonyl (C=O) groups excluding carboxylic acids is 3. The van der Waals surface area contributed by atoms with Gasteiger partial charge in [-0.25, -0.2) is 0 Å². The molecule has 0 aliphatic carbocycles. The van der Waals surface area contributed by atoms with Gasteiger partial charge in [-0.05, 0) is 55.7 Å². The van der Waals surface area contributed by atoms with Crippen molar-refractivity contribution in [1.29, 1.82) is 0 Å². The monoisotopic (exact) mass is 533 g/mol. The lowest BCUT2D eigenvalue weighted by Gasteiger charge is -2.37. The number of hydrogen-bond donors (Lipinski definition) is 3. The molecule has 1 spiro atoms. The number of para-hydroxylation sites is 1. The largest absolute Gasteiger partial charge is 0.394 e. The number of aliphatic hydroxyl groups is 1. The summed E-state index contributed by atoms with van der Waals surface area (Å²) in [5, 5.41) is 16.5. The fourth-order valence-electron chi connectivity index (χ4n) is 7.01. The molecule has 8 nitrogen and oxygen atoms in total. The SMILES string of the molecule is Cc1cccc(C)c1NC(=O)C1N([C@@H](CO)CC(C)C)C(=O)[C@@H]2[C@@H](C(=O)NCc3ccccc3)[C@H]3CCC12O3. The zero-order valence-corrected chi connectivity index (χ0v) is 23.1. The highest BCUT2D eigenvalue weighted by atomic mass is 16.5. The van der Waals surface area contributed by atoms with Crippen molar-refractivity contribution in [2.24, 2.45) is 17.8 Å². The number of nitrogens with zero attached hydrogens (tertiary/aromatic N) is 1. The van der Waals surface area contributed by atoms with Gasteiger partial charge >= 0.3 is 0 Å². The average Bonchev–Trinajstić information content (AvgIpc) is 3.56. The van der Waals surface area contributed by atoms with Crippen molar-refractivity contribution in [2.45, 2.75) is 77.3 Å². The van der Waals surface area contributed by atoms with Crippen LogP contribution in [0.25, 0.3) is 0 Å². The van der Waals surface area contributed by atoms with Crippen LogP contribution in [0.4, 0.5) is 5.69 Å². The fraction of sp³-hybridized carbons (Fsp3) is 0.516. The maximum atomic E-state index is 14.2. The van der Waals surface area contributed by atoms with Gasteiger partial charge in [0.2, 0.25) is 17.7 Å². The summed E-state index contributed by atoms with van der Waals surface area (Å²) in [4.78, 5) is 43.5. The molecule has 2 aromatic carbocycles. The Balaban J connectivity index is 1.49. The summed E-state index contributed by atoms with van der Waals surface area (Å²) >= 11 is 0. The summed E-state index contributed by atoms with van der Waals surface area (Å²) in [5.41, 5.74) is 2.41. The van der Waals surface area contributed by atoms with Gasteiger partial charge in [-0.2, -0.15) is 0 Å². The molecule has 0 aromatic heterocycles. The third-order valence-electron chi connectivity index (χ3n) is 8.68. The Kier molecular flexibility index (Phi) is 7.53. The van der Waals surface area contributed by atoms with E-state index in [0.29, 0.717) is 31.5 Å². The van der Waals surface area contributed by atoms with Gasteiger partial charge in [-0.3, -0.25) is 14.4 Å². The second kappa shape index (κ2) is 10.7. The number of likely N-dealkylation sites (tertiary alicyclic amines) is 1. The molecular formula is C31H39N3O5. The van der Waals surface area contributed by atoms with E-state index in [9.17, 15) is 19.5 Å². The standard InChI is InChI=1S/C31H39N3O5/c1-18(2)15-22(17-35)34-27(29(37)33-26-19(3)9-8-10-20(26)4)31-14-13-23(39-31)24(25(31)30(34)38)28(36)32-16-21-11-6-5-7-12-21/h5-12,18,22-25,27,35H,13-17H2,1-4H3,(H,32,36)(H,33,37)/t22-,23-,24+,25+,27?,31?/m1/s1. The predicted octanol–water partition coefficient (Wildman–Crippen LogP) is 3.34. The summed E-state index contributed by atoms with van der Waals surface area (Å²) in [6.45, 7) is 7.99. The molecule has 208 valence electrons. The van der Waals surface area contributed by atoms with Crippen molar-refractivity contribution >= 4 is 23.4 Å². The summed E-state index contributed by atoms with van der Waals surface area (Å²) in [5.74, 6) is -2.12. The van der Waals surface area contributed by atoms with Crippen LogP contribution in [0.5, 0.6) is 0 Å². The molecule has 3 aliphatic heterocycles. The summed E-state index contributed by atoms with van der Waals surface area (Å²) in [6.07, 6.45) is 1.22. The number of benzene rings is 2. The van der Waals surface area contributed by atoms with E-state index in [1.54, 1.807) is 4.90 Å². The van der Waals surface area contributed by atoms with Crippen LogP contribution in [0.2, 0.25) is 0 Å². The molecule has 0 radical (unpaired) electrons. The van der Waals surface area contributed by atoms with E-state index >= 15 is 0 Å². The van der Waals surface area contributed by atoms with Gasteiger partial charge in [0.1, 0.15) is 11.6 Å². The van der Waals surface area contributed by atoms with E-state index in [2.05, 4.69) is 10.6 Å². The van der Waals surface area contributed by atoms with Gasteiger partial charge in [0.15, 0.2) is 0 Å². The first kappa shape index (κ1) is 27.3. The molecule has 3 fully saturated rings. The Morgan fingerprint density at radius 2 is 1.77 bits per heavy atom. The van der Waals surface area contributed by atoms with Crippen LogP contribution in [0.1, 0.15) is 49.8 Å². The topological polar surface area (TPSA) is 108 Å². The maximum Gasteiger partial charge on any atom is 0.250 e. The molecule has 39 heavy (non-hydrogen) atoms. The quantitative estimate of drug-likeness (QED) is 0.458. The van der Waals surface area contributed by atoms with Crippen LogP contribution < -0.4 is 10.6 Å². The molecule has 2 bridgehead atoms. The zero-order valence-electron chi connectivity index (χ0n) is 23.1. The molecular weight excluding hydrogens is 494 g/mol. The molecule has 0 saturated carbocycles. The van der Waals surface area contributed by atoms with Crippen LogP contribution in [-0.4, -0.2) is 58.1 Å². The number of carbonyl (C=O) groups is 3. The molecule has 3 heterocycles. The number of aliphatic hydroxyl groups excluding tert-OH is 1. The number of amides is 3. The molecule has 2 aromatic rings. The minimum Gasteiger partial charge on any atom is -0.394 e. The smallest absolute Gasteiger partial charge is 0.250 e. The van der Waals surface area contributed by atoms with E-state index in [4.69, 9.17) is 4.74 Å². The Bertz CT molecular complexity index is 1230. The van der Waals surface area contributed by atoms with Gasteiger partial charge in [0.05, 0.1) is 30.6 Å². The first-order chi connectivity index (χ1) is 18.7. The average molecular weight is 534 g/mol. The normalized spacial score (nSPS) is 28.1. The Morgan fingerprint density at radius 3 is 2.41 bits per heavy atom. The lowest BCUT2D eigenvalue weighted by molar-refractivity contribution is -0.144. The van der Waals surface area contributed by atoms with Crippen LogP contribution in [0.15, 0.2) is 48.5 Å². The minimum atomic E-state index is -1.11. The maximum absolute atomic E-state index is 14.2. The first-order valence-corrected chi connectivity index (χ1v) is 14.0. The van der Waals surface area contributed by atoms with Crippen LogP contribution in [-0.2, 0) is 25.7 Å². The van der Waals surface area contributed by atoms with Crippen LogP contribution in [0, 0.1) is 31.6 Å². The molecule has 3 N–H and O–H groups in total. The van der Waals surface area contributed by atoms with Gasteiger partial charge in [-0.15, -0.1) is 0 Å². The first-order valence-electron chi connectivity index (χ1n) is 14.0. The predicted molar refractivity (Wildman–Crippen MR) is 148 cm³/mol. The Morgan fingerprint density at radius 1 is 1.08 bits per heavy atom. The Labute approximate surface area is 230 Å². The van der Waals surface area contributed by atoms with Crippen molar-refractivity contribution in [3.63, 3.8) is 0 Å². The highest BCUT2D eigenvalue weighted by molar-refractivity contribution is 6.04. The highest BCUT2D eigenvalue weighted by Crippen LogP contribution is 2.59. The molecule has 2 unspecified atom stereocenters. The molecule has 8 heteroatoms. The van der Waals surface area contributed by atoms with E-state index in [1.165, 1.54) is 0 Å². The number of nitrogens with one attached hydrogen (secondary N) is 2. The third-order valence-corrected chi connectivity index (χ3v) is 8.68. The Hall–Kier alpha value is -3.23. The van der Waals surface area contributed by atoms with Crippen molar-refractivity contribution < 1.29 is 24.2 Å². The van der Waals surface area contributed by atoms with E-state index < -0.39 is 35.6 Å². The van der Waals surface area contributed by atoms with Crippen LogP contribution >= 0.6 is 0 Å². The van der Waals surface area contributed by atoms with Crippen molar-refractivity contribution in [3.8, 4) is 0 Å². The fourth-order valence-corrected chi connectivity index (χ4v) is 7.01. The second-order valence-corrected chi connectivity index (χ2v) is 11.7. The van der Waals surface area contributed by atoms with Crippen molar-refractivity contribution in [3.05, 3.63) is 65.2 Å². The van der Waals surface area contributed by atoms with Gasteiger partial charge in [0.25, 0.3) is 0 Å². The molecule has 6 atom stereocenters. The number of anilines is 1. The highest BCUT2D eigenvalue weighted by Gasteiger charge is 2.75. The van der Waals surface area contributed by atoms with E-state index in [0.717, 1.165) is 16.7 Å². The van der Waals surface area contributed by atoms with Crippen LogP contribution in [0.3, 0.4) is 0 Å². The van der Waals surface area contributed by atoms with Gasteiger partial charge in [-0.1, -0.05) is 62.4 Å². The number of hydrogen-bond acceptors (Lipinski definition) is 5. The van der Waals surface area contributed by atoms with Gasteiger partial charge in [0, 0.05) is 12.2 Å². The summed E-state index contributed by atoms with van der Waals surface area (Å²) < 4.78 is 6.54. The minimum absolute atomic E-state index is 0.192. The second-order valence-electron chi connectivity index (χ2n) is 11.7. The van der Waals surface area contributed by atoms with E-state index in [1.807, 2.05) is 76.2 Å². The van der Waals surface area contributed by atoms with E-state index in [-0.39, 0.29) is 30.2 Å². The third kappa shape index (κ3) is 4.74. The molecule has 3 saturated heterocycles. The summed E-state index contributed by atoms with van der Waals surface area (Å²) in [7, 11) is 0. The number of aryl methyl sites for hydroxylation is 2. The molecule has 3 amide bonds. The summed E-state index contributed by atoms with van der Waals surface area (Å²) in [6, 6.07) is 13.9. The van der Waals surface area contributed by atoms with Gasteiger partial charge < -0.3 is 25.4 Å². The van der Waals surface area contributed by atoms with Crippen molar-refractivity contribution in [2.75, 3.05) is 11.9 Å². The molecule has 5 rings (SSSR count). The zero-order chi connectivity index (χ0) is 27.9. The lowest BCUT2D eigenvalue weighted by Crippen LogP contribution is -2.56. The number of ether oxygens (including phenoxy) is 1.